The molecule has 1 nitrogen and oxygen atoms in total. The molecule has 3 rings (SSSR count). The van der Waals surface area contributed by atoms with Gasteiger partial charge in [-0.05, 0) is 42.0 Å². The summed E-state index contributed by atoms with van der Waals surface area (Å²) in [6.45, 7) is 0.374. The Bertz CT molecular complexity index is 758. The van der Waals surface area contributed by atoms with E-state index in [4.69, 9.17) is 51.1 Å². The van der Waals surface area contributed by atoms with Crippen LogP contribution in [0, 0.1) is 0 Å². The van der Waals surface area contributed by atoms with Gasteiger partial charge in [-0.3, -0.25) is 0 Å². The predicted molar refractivity (Wildman–Crippen MR) is 96.9 cm³/mol. The zero-order valence-electron chi connectivity index (χ0n) is 11.2. The van der Waals surface area contributed by atoms with Gasteiger partial charge in [0.15, 0.2) is 0 Å². The van der Waals surface area contributed by atoms with Gasteiger partial charge in [0.1, 0.15) is 12.4 Å². The smallest absolute Gasteiger partial charge is 0.138 e. The summed E-state index contributed by atoms with van der Waals surface area (Å²) < 4.78 is 5.77. The molecule has 1 heterocycles. The van der Waals surface area contributed by atoms with Gasteiger partial charge in [-0.2, -0.15) is 0 Å². The molecular formula is C16H10Cl4OS. The Morgan fingerprint density at radius 3 is 2.45 bits per heavy atom. The molecule has 0 saturated heterocycles. The molecule has 2 aromatic carbocycles. The quantitative estimate of drug-likeness (QED) is 0.570. The Kier molecular flexibility index (Phi) is 5.16. The molecule has 0 N–H and O–H groups in total. The zero-order chi connectivity index (χ0) is 15.7. The number of hydrogen-bond donors (Lipinski definition) is 0. The normalized spacial score (nSPS) is 14.0. The molecular weight excluding hydrogens is 382 g/mol. The second kappa shape index (κ2) is 6.94. The van der Waals surface area contributed by atoms with E-state index < -0.39 is 0 Å². The second-order valence-corrected chi connectivity index (χ2v) is 7.39. The molecule has 6 heteroatoms. The topological polar surface area (TPSA) is 9.23 Å². The average molecular weight is 392 g/mol. The molecule has 0 aromatic heterocycles. The van der Waals surface area contributed by atoms with Gasteiger partial charge in [0, 0.05) is 26.3 Å². The van der Waals surface area contributed by atoms with Crippen LogP contribution < -0.4 is 4.74 Å². The number of thioether (sulfide) groups is 1. The van der Waals surface area contributed by atoms with E-state index in [0.717, 1.165) is 21.8 Å². The van der Waals surface area contributed by atoms with E-state index in [-0.39, 0.29) is 0 Å². The maximum absolute atomic E-state index is 6.49. The summed E-state index contributed by atoms with van der Waals surface area (Å²) in [5, 5.41) is 2.42. The highest BCUT2D eigenvalue weighted by Crippen LogP contribution is 2.40. The lowest BCUT2D eigenvalue weighted by Crippen LogP contribution is -2.08. The summed E-state index contributed by atoms with van der Waals surface area (Å²) in [7, 11) is 0. The summed E-state index contributed by atoms with van der Waals surface area (Å²) in [5.74, 6) is 1.36. The van der Waals surface area contributed by atoms with Crippen LogP contribution in [0.5, 0.6) is 5.75 Å². The number of halogens is 4. The summed E-state index contributed by atoms with van der Waals surface area (Å²) in [5.41, 5.74) is 1.96. The SMILES string of the molecule is ClC1=C(COc2ccc(Cl)cc2Cl)CSc2ccc(Cl)cc21. The number of ether oxygens (including phenoxy) is 1. The molecule has 0 fully saturated rings. The molecule has 0 spiro atoms. The lowest BCUT2D eigenvalue weighted by atomic mass is 10.1. The summed E-state index contributed by atoms with van der Waals surface area (Å²) >= 11 is 26.2. The minimum atomic E-state index is 0.374. The monoisotopic (exact) mass is 390 g/mol. The Balaban J connectivity index is 1.82. The highest BCUT2D eigenvalue weighted by Gasteiger charge is 2.19. The third kappa shape index (κ3) is 3.52. The fourth-order valence-electron chi connectivity index (χ4n) is 2.08. The van der Waals surface area contributed by atoms with Gasteiger partial charge in [-0.1, -0.05) is 46.4 Å². The van der Waals surface area contributed by atoms with Gasteiger partial charge < -0.3 is 4.74 Å². The molecule has 0 bridgehead atoms. The van der Waals surface area contributed by atoms with E-state index in [1.807, 2.05) is 18.2 Å². The van der Waals surface area contributed by atoms with E-state index in [1.165, 1.54) is 0 Å². The molecule has 1 aliphatic heterocycles. The maximum atomic E-state index is 6.49. The van der Waals surface area contributed by atoms with Crippen LogP contribution in [0.25, 0.3) is 5.03 Å². The first-order chi connectivity index (χ1) is 10.5. The molecule has 0 amide bonds. The first-order valence-corrected chi connectivity index (χ1v) is 8.92. The van der Waals surface area contributed by atoms with Crippen LogP contribution in [0.15, 0.2) is 46.9 Å². The molecule has 2 aromatic rings. The first-order valence-electron chi connectivity index (χ1n) is 6.42. The van der Waals surface area contributed by atoms with Gasteiger partial charge in [0.25, 0.3) is 0 Å². The zero-order valence-corrected chi connectivity index (χ0v) is 15.0. The largest absolute Gasteiger partial charge is 0.488 e. The van der Waals surface area contributed by atoms with Crippen molar-refractivity contribution in [3.63, 3.8) is 0 Å². The minimum Gasteiger partial charge on any atom is -0.488 e. The average Bonchev–Trinajstić information content (AvgIpc) is 2.49. The molecule has 0 radical (unpaired) electrons. The van der Waals surface area contributed by atoms with Gasteiger partial charge in [0.2, 0.25) is 0 Å². The number of rotatable bonds is 3. The lowest BCUT2D eigenvalue weighted by Gasteiger charge is -2.20. The van der Waals surface area contributed by atoms with Crippen LogP contribution in [0.3, 0.4) is 0 Å². The molecule has 0 saturated carbocycles. The third-order valence-corrected chi connectivity index (χ3v) is 5.58. The third-order valence-electron chi connectivity index (χ3n) is 3.19. The summed E-state index contributed by atoms with van der Waals surface area (Å²) in [4.78, 5) is 1.13. The molecule has 0 aliphatic carbocycles. The van der Waals surface area contributed by atoms with Crippen molar-refractivity contribution < 1.29 is 4.74 Å². The van der Waals surface area contributed by atoms with Crippen molar-refractivity contribution in [1.29, 1.82) is 0 Å². The fourth-order valence-corrected chi connectivity index (χ4v) is 4.17. The van der Waals surface area contributed by atoms with Gasteiger partial charge in [-0.15, -0.1) is 11.8 Å². The van der Waals surface area contributed by atoms with Crippen molar-refractivity contribution in [1.82, 2.24) is 0 Å². The maximum Gasteiger partial charge on any atom is 0.138 e. The molecule has 114 valence electrons. The van der Waals surface area contributed by atoms with Crippen molar-refractivity contribution in [2.45, 2.75) is 4.90 Å². The standard InChI is InChI=1S/C16H10Cl4OS/c17-10-2-4-15-12(5-10)16(20)9(8-22-15)7-21-14-3-1-11(18)6-13(14)19/h1-6H,7-8H2. The molecule has 22 heavy (non-hydrogen) atoms. The van der Waals surface area contributed by atoms with E-state index in [2.05, 4.69) is 0 Å². The van der Waals surface area contributed by atoms with Crippen molar-refractivity contribution in [2.24, 2.45) is 0 Å². The molecule has 0 unspecified atom stereocenters. The molecule has 1 aliphatic rings. The Morgan fingerprint density at radius 2 is 1.68 bits per heavy atom. The highest BCUT2D eigenvalue weighted by atomic mass is 35.5. The van der Waals surface area contributed by atoms with Gasteiger partial charge >= 0.3 is 0 Å². The summed E-state index contributed by atoms with van der Waals surface area (Å²) in [6.07, 6.45) is 0. The lowest BCUT2D eigenvalue weighted by molar-refractivity contribution is 0.353. The highest BCUT2D eigenvalue weighted by molar-refractivity contribution is 7.99. The Morgan fingerprint density at radius 1 is 0.955 bits per heavy atom. The predicted octanol–water partition coefficient (Wildman–Crippen LogP) is 6.78. The van der Waals surface area contributed by atoms with Crippen LogP contribution >= 0.6 is 58.2 Å². The van der Waals surface area contributed by atoms with Gasteiger partial charge in [-0.25, -0.2) is 0 Å². The van der Waals surface area contributed by atoms with Crippen LogP contribution in [0.1, 0.15) is 5.56 Å². The summed E-state index contributed by atoms with van der Waals surface area (Å²) in [6, 6.07) is 10.9. The van der Waals surface area contributed by atoms with Gasteiger partial charge in [0.05, 0.1) is 10.1 Å². The number of benzene rings is 2. The van der Waals surface area contributed by atoms with Crippen LogP contribution in [0.2, 0.25) is 15.1 Å². The van der Waals surface area contributed by atoms with Crippen molar-refractivity contribution >= 4 is 63.2 Å². The molecule has 0 atom stereocenters. The Hall–Kier alpha value is -0.510. The van der Waals surface area contributed by atoms with Crippen molar-refractivity contribution in [3.8, 4) is 5.75 Å². The first kappa shape index (κ1) is 16.4. The van der Waals surface area contributed by atoms with Crippen LogP contribution in [-0.4, -0.2) is 12.4 Å². The number of fused-ring (bicyclic) bond motifs is 1. The minimum absolute atomic E-state index is 0.374. The van der Waals surface area contributed by atoms with E-state index in [1.54, 1.807) is 30.0 Å². The van der Waals surface area contributed by atoms with E-state index >= 15 is 0 Å². The van der Waals surface area contributed by atoms with Crippen LogP contribution in [-0.2, 0) is 0 Å². The number of hydrogen-bond acceptors (Lipinski definition) is 2. The van der Waals surface area contributed by atoms with E-state index in [9.17, 15) is 0 Å². The Labute approximate surface area is 153 Å². The van der Waals surface area contributed by atoms with Crippen molar-refractivity contribution in [3.05, 3.63) is 62.6 Å². The van der Waals surface area contributed by atoms with Crippen LogP contribution in [0.4, 0.5) is 0 Å². The van der Waals surface area contributed by atoms with Crippen molar-refractivity contribution in [2.75, 3.05) is 12.4 Å². The second-order valence-electron chi connectivity index (χ2n) is 4.71. The fraction of sp³-hybridized carbons (Fsp3) is 0.125. The van der Waals surface area contributed by atoms with E-state index in [0.29, 0.717) is 32.5 Å².